The Hall–Kier alpha value is -2.33. The van der Waals surface area contributed by atoms with Crippen molar-refractivity contribution in [2.24, 2.45) is 0 Å². The van der Waals surface area contributed by atoms with Gasteiger partial charge in [-0.2, -0.15) is 0 Å². The van der Waals surface area contributed by atoms with Crippen LogP contribution in [0.5, 0.6) is 0 Å². The highest BCUT2D eigenvalue weighted by Crippen LogP contribution is 2.38. The maximum absolute atomic E-state index is 13.5. The highest BCUT2D eigenvalue weighted by atomic mass is 79.9. The van der Waals surface area contributed by atoms with Gasteiger partial charge in [0.1, 0.15) is 12.2 Å². The van der Waals surface area contributed by atoms with Crippen LogP contribution in [0.25, 0.3) is 0 Å². The molecule has 1 aliphatic heterocycles. The summed E-state index contributed by atoms with van der Waals surface area (Å²) in [6.07, 6.45) is -2.09. The molecule has 0 bridgehead atoms. The molecule has 0 saturated carbocycles. The molecule has 214 valence electrons. The lowest BCUT2D eigenvalue weighted by atomic mass is 10.0. The van der Waals surface area contributed by atoms with Gasteiger partial charge in [-0.05, 0) is 60.4 Å². The molecule has 0 spiro atoms. The van der Waals surface area contributed by atoms with Crippen molar-refractivity contribution in [1.82, 2.24) is 5.32 Å². The zero-order chi connectivity index (χ0) is 29.1. The molecule has 1 heterocycles. The number of ether oxygens (including phenoxy) is 2. The fourth-order valence-corrected chi connectivity index (χ4v) is 10.4. The van der Waals surface area contributed by atoms with Crippen molar-refractivity contribution in [3.63, 3.8) is 0 Å². The van der Waals surface area contributed by atoms with Gasteiger partial charge in [0.05, 0.1) is 18.8 Å². The van der Waals surface area contributed by atoms with Gasteiger partial charge >= 0.3 is 0 Å². The number of hydrogen-bond donors (Lipinski definition) is 2. The third kappa shape index (κ3) is 6.59. The van der Waals surface area contributed by atoms with Crippen molar-refractivity contribution < 1.29 is 23.8 Å². The van der Waals surface area contributed by atoms with Crippen molar-refractivity contribution in [1.29, 1.82) is 0 Å². The number of hydrogen-bond acceptors (Lipinski definition) is 5. The largest absolute Gasteiger partial charge is 0.405 e. The van der Waals surface area contributed by atoms with E-state index in [1.54, 1.807) is 19.1 Å². The molecule has 4 rings (SSSR count). The lowest BCUT2D eigenvalue weighted by Crippen LogP contribution is -2.68. The van der Waals surface area contributed by atoms with Gasteiger partial charge in [-0.25, -0.2) is 0 Å². The van der Waals surface area contributed by atoms with Crippen LogP contribution in [0.2, 0.25) is 5.04 Å². The van der Waals surface area contributed by atoms with E-state index in [1.807, 2.05) is 62.4 Å². The van der Waals surface area contributed by atoms with Crippen molar-refractivity contribution in [3.05, 3.63) is 95.0 Å². The maximum atomic E-state index is 13.5. The first-order chi connectivity index (χ1) is 18.8. The topological polar surface area (TPSA) is 77.0 Å². The summed E-state index contributed by atoms with van der Waals surface area (Å²) in [6, 6.07) is 27.3. The molecule has 0 radical (unpaired) electrons. The van der Waals surface area contributed by atoms with Crippen LogP contribution < -0.4 is 15.7 Å². The summed E-state index contributed by atoms with van der Waals surface area (Å²) in [5.41, 5.74) is 0.519. The minimum atomic E-state index is -2.90. The molecule has 2 N–H and O–H groups in total. The van der Waals surface area contributed by atoms with Gasteiger partial charge in [-0.1, -0.05) is 97.4 Å². The van der Waals surface area contributed by atoms with Crippen molar-refractivity contribution in [3.8, 4) is 0 Å². The average molecular weight is 627 g/mol. The summed E-state index contributed by atoms with van der Waals surface area (Å²) >= 11 is 3.43. The van der Waals surface area contributed by atoms with Crippen LogP contribution in [-0.2, 0) is 13.9 Å². The predicted octanol–water partition coefficient (Wildman–Crippen LogP) is 5.03. The average Bonchev–Trinajstić information content (AvgIpc) is 3.24. The summed E-state index contributed by atoms with van der Waals surface area (Å²) in [5, 5.41) is 15.9. The quantitative estimate of drug-likeness (QED) is 0.326. The van der Waals surface area contributed by atoms with E-state index in [9.17, 15) is 9.90 Å². The van der Waals surface area contributed by atoms with Crippen LogP contribution in [0.3, 0.4) is 0 Å². The van der Waals surface area contributed by atoms with E-state index in [4.69, 9.17) is 13.9 Å². The third-order valence-corrected chi connectivity index (χ3v) is 12.9. The van der Waals surface area contributed by atoms with Crippen molar-refractivity contribution in [2.75, 3.05) is 6.61 Å². The Balaban J connectivity index is 1.76. The van der Waals surface area contributed by atoms with Crippen LogP contribution in [0.4, 0.5) is 0 Å². The van der Waals surface area contributed by atoms with Crippen molar-refractivity contribution >= 4 is 40.5 Å². The monoisotopic (exact) mass is 625 g/mol. The maximum Gasteiger partial charge on any atom is 0.261 e. The van der Waals surface area contributed by atoms with E-state index < -0.39 is 38.5 Å². The Morgan fingerprint density at radius 3 is 1.93 bits per heavy atom. The summed E-state index contributed by atoms with van der Waals surface area (Å²) < 4.78 is 20.5. The van der Waals surface area contributed by atoms with Crippen LogP contribution in [-0.4, -0.2) is 56.1 Å². The van der Waals surface area contributed by atoms with E-state index in [0.717, 1.165) is 14.8 Å². The van der Waals surface area contributed by atoms with E-state index in [0.29, 0.717) is 5.56 Å². The first-order valence-electron chi connectivity index (χ1n) is 13.7. The van der Waals surface area contributed by atoms with E-state index in [2.05, 4.69) is 66.3 Å². The van der Waals surface area contributed by atoms with E-state index >= 15 is 0 Å². The summed E-state index contributed by atoms with van der Waals surface area (Å²) in [7, 11) is -2.90. The van der Waals surface area contributed by atoms with Gasteiger partial charge in [-0.3, -0.25) is 4.79 Å². The molecule has 3 aromatic rings. The molecule has 6 nitrogen and oxygen atoms in total. The van der Waals surface area contributed by atoms with Gasteiger partial charge in [-0.15, -0.1) is 0 Å². The molecule has 1 aliphatic rings. The van der Waals surface area contributed by atoms with Crippen LogP contribution in [0, 0.1) is 0 Å². The molecule has 1 fully saturated rings. The number of halogens is 1. The number of carbonyl (C=O) groups excluding carboxylic acids is 1. The third-order valence-electron chi connectivity index (χ3n) is 7.35. The minimum absolute atomic E-state index is 0.170. The standard InChI is InChI=1S/C32H40BrNO5Si/c1-22(35)28-29(39-32(5,6)38-28)27(34-30(36)23-17-19-24(33)20-18-23)21-37-40(31(2,3)4,25-13-9-7-10-14-25)26-15-11-8-12-16-26/h7-20,22,27-29,35H,21H2,1-6H3,(H,34,36)/t22-,27-,28+,29+/m0/s1. The van der Waals surface area contributed by atoms with Crippen LogP contribution in [0.1, 0.15) is 51.9 Å². The zero-order valence-corrected chi connectivity index (χ0v) is 26.6. The van der Waals surface area contributed by atoms with Crippen LogP contribution in [0.15, 0.2) is 89.4 Å². The number of aliphatic hydroxyl groups excluding tert-OH is 1. The molecule has 0 aliphatic carbocycles. The molecule has 1 amide bonds. The van der Waals surface area contributed by atoms with Crippen molar-refractivity contribution in [2.45, 2.75) is 76.7 Å². The van der Waals surface area contributed by atoms with Gasteiger partial charge < -0.3 is 24.3 Å². The Morgan fingerprint density at radius 2 is 1.45 bits per heavy atom. The molecule has 8 heteroatoms. The van der Waals surface area contributed by atoms with Gasteiger partial charge in [0.25, 0.3) is 14.2 Å². The van der Waals surface area contributed by atoms with Gasteiger partial charge in [0, 0.05) is 10.0 Å². The number of rotatable bonds is 9. The Kier molecular flexibility index (Phi) is 9.39. The highest BCUT2D eigenvalue weighted by Gasteiger charge is 2.52. The molecule has 1 saturated heterocycles. The smallest absolute Gasteiger partial charge is 0.261 e. The summed E-state index contributed by atoms with van der Waals surface area (Å²) in [4.78, 5) is 13.5. The molecular formula is C32H40BrNO5Si. The number of carbonyl (C=O) groups is 1. The minimum Gasteiger partial charge on any atom is -0.405 e. The number of amides is 1. The molecular weight excluding hydrogens is 586 g/mol. The Labute approximate surface area is 247 Å². The highest BCUT2D eigenvalue weighted by molar-refractivity contribution is 9.10. The molecule has 40 heavy (non-hydrogen) atoms. The Bertz CT molecular complexity index is 1220. The second-order valence-corrected chi connectivity index (χ2v) is 17.1. The second-order valence-electron chi connectivity index (χ2n) is 11.9. The van der Waals surface area contributed by atoms with E-state index in [-0.39, 0.29) is 17.6 Å². The lowest BCUT2D eigenvalue weighted by molar-refractivity contribution is -0.155. The molecule has 0 unspecified atom stereocenters. The second kappa shape index (κ2) is 12.3. The van der Waals surface area contributed by atoms with Gasteiger partial charge in [0.2, 0.25) is 0 Å². The first-order valence-corrected chi connectivity index (χ1v) is 16.4. The Morgan fingerprint density at radius 1 is 0.950 bits per heavy atom. The van der Waals surface area contributed by atoms with E-state index in [1.165, 1.54) is 0 Å². The molecule has 3 aromatic carbocycles. The number of benzene rings is 3. The molecule has 0 aromatic heterocycles. The zero-order valence-electron chi connectivity index (χ0n) is 24.1. The number of nitrogens with one attached hydrogen (secondary N) is 1. The lowest BCUT2D eigenvalue weighted by Gasteiger charge is -2.44. The van der Waals surface area contributed by atoms with Gasteiger partial charge in [0.15, 0.2) is 5.79 Å². The van der Waals surface area contributed by atoms with Crippen LogP contribution >= 0.6 is 15.9 Å². The fourth-order valence-electron chi connectivity index (χ4n) is 5.55. The summed E-state index contributed by atoms with van der Waals surface area (Å²) in [6.45, 7) is 12.1. The first kappa shape index (κ1) is 30.6. The normalized spacial score (nSPS) is 20.6. The summed E-state index contributed by atoms with van der Waals surface area (Å²) in [5.74, 6) is -1.18. The predicted molar refractivity (Wildman–Crippen MR) is 164 cm³/mol. The SMILES string of the molecule is C[C@H](O)[C@H]1OC(C)(C)O[C@@H]1[C@H](CO[Si](c1ccccc1)(c1ccccc1)C(C)(C)C)NC(=O)c1ccc(Br)cc1. The number of aliphatic hydroxyl groups is 1. The fraction of sp³-hybridized carbons (Fsp3) is 0.406. The molecule has 4 atom stereocenters.